The van der Waals surface area contributed by atoms with Crippen molar-refractivity contribution in [3.8, 4) is 22.3 Å². The minimum atomic E-state index is -0.287. The molecule has 4 heteroatoms. The summed E-state index contributed by atoms with van der Waals surface area (Å²) in [6.07, 6.45) is -0.534. The number of furan rings is 1. The van der Waals surface area contributed by atoms with E-state index in [4.69, 9.17) is 9.41 Å². The molecule has 9 aromatic rings. The molecule has 2 atom stereocenters. The van der Waals surface area contributed by atoms with Gasteiger partial charge in [0.25, 0.3) is 0 Å². The molecule has 1 aromatic heterocycles. The smallest absolute Gasteiger partial charge is 0.143 e. The largest absolute Gasteiger partial charge is 0.455 e. The molecule has 0 radical (unpaired) electrons. The van der Waals surface area contributed by atoms with Gasteiger partial charge in [-0.1, -0.05) is 158 Å². The number of nitrogens with one attached hydrogen (secondary N) is 2. The van der Waals surface area contributed by atoms with Crippen molar-refractivity contribution in [3.05, 3.63) is 193 Å². The van der Waals surface area contributed by atoms with E-state index in [1.54, 1.807) is 0 Å². The topological polar surface area (TPSA) is 49.6 Å². The van der Waals surface area contributed by atoms with Crippen LogP contribution in [0.25, 0.3) is 65.7 Å². The van der Waals surface area contributed by atoms with Gasteiger partial charge in [0, 0.05) is 27.5 Å². The maximum Gasteiger partial charge on any atom is 0.143 e. The number of amidine groups is 1. The van der Waals surface area contributed by atoms with Crippen LogP contribution in [0.15, 0.2) is 185 Å². The van der Waals surface area contributed by atoms with Gasteiger partial charge in [0.1, 0.15) is 29.3 Å². The summed E-state index contributed by atoms with van der Waals surface area (Å²) in [6.45, 7) is 0. The third kappa shape index (κ3) is 5.25. The summed E-state index contributed by atoms with van der Waals surface area (Å²) in [5.41, 5.74) is 9.59. The first-order chi connectivity index (χ1) is 25.2. The number of nitrogens with zero attached hydrogens (tertiary/aromatic N) is 1. The summed E-state index contributed by atoms with van der Waals surface area (Å²) in [7, 11) is 0. The van der Waals surface area contributed by atoms with Gasteiger partial charge in [0.05, 0.1) is 0 Å². The van der Waals surface area contributed by atoms with E-state index in [0.29, 0.717) is 0 Å². The van der Waals surface area contributed by atoms with Gasteiger partial charge in [-0.2, -0.15) is 0 Å². The number of fused-ring (bicyclic) bond motifs is 5. The van der Waals surface area contributed by atoms with Crippen LogP contribution >= 0.6 is 0 Å². The normalized spacial score (nSPS) is 16.0. The van der Waals surface area contributed by atoms with E-state index < -0.39 is 0 Å². The molecule has 0 spiro atoms. The fourth-order valence-electron chi connectivity index (χ4n) is 7.54. The van der Waals surface area contributed by atoms with Gasteiger partial charge in [0.15, 0.2) is 0 Å². The van der Waals surface area contributed by atoms with Crippen molar-refractivity contribution in [1.82, 2.24) is 10.6 Å². The third-order valence-electron chi connectivity index (χ3n) is 10.2. The highest BCUT2D eigenvalue weighted by molar-refractivity contribution is 6.12. The van der Waals surface area contributed by atoms with Crippen LogP contribution in [0.1, 0.15) is 29.0 Å². The number of rotatable bonds is 5. The van der Waals surface area contributed by atoms with Crippen LogP contribution in [0.4, 0.5) is 0 Å². The Hall–Kier alpha value is -6.49. The lowest BCUT2D eigenvalue weighted by Crippen LogP contribution is -2.45. The molecule has 4 nitrogen and oxygen atoms in total. The van der Waals surface area contributed by atoms with Gasteiger partial charge in [-0.15, -0.1) is 0 Å². The standard InChI is InChI=1S/C47H33N3O/c1-2-12-33(13-3-1)39-26-27-41(43-40-16-8-9-17-42(40)51-44(39)43)47-49-45(48-46(50-47)38-25-21-31-11-5-7-15-36(31)29-38)34-22-18-32(19-23-34)37-24-20-30-10-4-6-14-35(30)28-37/h1-29,45,47,49H,(H,48,50). The number of hydrogen-bond donors (Lipinski definition) is 2. The minimum Gasteiger partial charge on any atom is -0.455 e. The van der Waals surface area contributed by atoms with Gasteiger partial charge >= 0.3 is 0 Å². The summed E-state index contributed by atoms with van der Waals surface area (Å²) < 4.78 is 6.64. The Bertz CT molecular complexity index is 2760. The Balaban J connectivity index is 1.09. The average molecular weight is 656 g/mol. The second-order valence-electron chi connectivity index (χ2n) is 13.2. The minimum absolute atomic E-state index is 0.248. The Kier molecular flexibility index (Phi) is 7.00. The van der Waals surface area contributed by atoms with E-state index in [9.17, 15) is 0 Å². The molecule has 2 N–H and O–H groups in total. The van der Waals surface area contributed by atoms with Gasteiger partial charge in [-0.3, -0.25) is 5.32 Å². The number of aliphatic imine (C=N–C) groups is 1. The molecule has 242 valence electrons. The van der Waals surface area contributed by atoms with Crippen molar-refractivity contribution in [3.63, 3.8) is 0 Å². The zero-order valence-corrected chi connectivity index (χ0v) is 27.8. The first kappa shape index (κ1) is 29.4. The van der Waals surface area contributed by atoms with Gasteiger partial charge < -0.3 is 9.73 Å². The summed E-state index contributed by atoms with van der Waals surface area (Å²) in [6, 6.07) is 62.2. The Morgan fingerprint density at radius 2 is 1.12 bits per heavy atom. The van der Waals surface area contributed by atoms with Crippen LogP contribution in [0.2, 0.25) is 0 Å². The van der Waals surface area contributed by atoms with E-state index in [-0.39, 0.29) is 12.3 Å². The van der Waals surface area contributed by atoms with E-state index in [2.05, 4.69) is 174 Å². The summed E-state index contributed by atoms with van der Waals surface area (Å²) in [4.78, 5) is 5.31. The summed E-state index contributed by atoms with van der Waals surface area (Å²) in [5.74, 6) is 0.848. The Morgan fingerprint density at radius 3 is 1.88 bits per heavy atom. The van der Waals surface area contributed by atoms with Crippen molar-refractivity contribution in [2.24, 2.45) is 4.99 Å². The average Bonchev–Trinajstić information content (AvgIpc) is 3.60. The fraction of sp³-hybridized carbons (Fsp3) is 0.0426. The Morgan fingerprint density at radius 1 is 0.490 bits per heavy atom. The molecule has 0 aliphatic carbocycles. The van der Waals surface area contributed by atoms with Crippen LogP contribution in [-0.2, 0) is 0 Å². The molecular weight excluding hydrogens is 623 g/mol. The first-order valence-electron chi connectivity index (χ1n) is 17.4. The van der Waals surface area contributed by atoms with Crippen molar-refractivity contribution in [2.75, 3.05) is 0 Å². The zero-order valence-electron chi connectivity index (χ0n) is 27.8. The van der Waals surface area contributed by atoms with E-state index >= 15 is 0 Å². The highest BCUT2D eigenvalue weighted by atomic mass is 16.3. The van der Waals surface area contributed by atoms with Crippen LogP contribution in [-0.4, -0.2) is 5.84 Å². The molecule has 0 bridgehead atoms. The van der Waals surface area contributed by atoms with Crippen LogP contribution in [0.5, 0.6) is 0 Å². The summed E-state index contributed by atoms with van der Waals surface area (Å²) in [5, 5.41) is 14.7. The van der Waals surface area contributed by atoms with Crippen LogP contribution in [0, 0.1) is 0 Å². The molecule has 0 saturated carbocycles. The first-order valence-corrected chi connectivity index (χ1v) is 17.4. The second kappa shape index (κ2) is 12.1. The van der Waals surface area contributed by atoms with E-state index in [0.717, 1.165) is 55.6 Å². The molecule has 0 saturated heterocycles. The van der Waals surface area contributed by atoms with Crippen molar-refractivity contribution in [1.29, 1.82) is 0 Å². The molecule has 8 aromatic carbocycles. The fourth-order valence-corrected chi connectivity index (χ4v) is 7.54. The molecule has 0 amide bonds. The quantitative estimate of drug-likeness (QED) is 0.194. The monoisotopic (exact) mass is 655 g/mol. The maximum atomic E-state index is 6.64. The lowest BCUT2D eigenvalue weighted by atomic mass is 9.96. The van der Waals surface area contributed by atoms with Gasteiger partial charge in [0.2, 0.25) is 0 Å². The highest BCUT2D eigenvalue weighted by Gasteiger charge is 2.29. The summed E-state index contributed by atoms with van der Waals surface area (Å²) >= 11 is 0. The molecule has 10 rings (SSSR count). The number of benzene rings is 8. The predicted molar refractivity (Wildman–Crippen MR) is 211 cm³/mol. The molecule has 1 aliphatic rings. The van der Waals surface area contributed by atoms with Crippen molar-refractivity contribution in [2.45, 2.75) is 12.3 Å². The second-order valence-corrected chi connectivity index (χ2v) is 13.2. The predicted octanol–water partition coefficient (Wildman–Crippen LogP) is 11.6. The molecule has 2 heterocycles. The van der Waals surface area contributed by atoms with Crippen molar-refractivity contribution >= 4 is 49.3 Å². The Labute approximate surface area is 295 Å². The lowest BCUT2D eigenvalue weighted by Gasteiger charge is -2.32. The number of para-hydroxylation sites is 1. The van der Waals surface area contributed by atoms with Crippen molar-refractivity contribution < 1.29 is 4.42 Å². The number of hydrogen-bond acceptors (Lipinski definition) is 4. The van der Waals surface area contributed by atoms with Gasteiger partial charge in [-0.25, -0.2) is 4.99 Å². The molecule has 1 aliphatic heterocycles. The third-order valence-corrected chi connectivity index (χ3v) is 10.2. The van der Waals surface area contributed by atoms with Crippen LogP contribution in [0.3, 0.4) is 0 Å². The molecular formula is C47H33N3O. The molecule has 0 fully saturated rings. The SMILES string of the molecule is c1ccc(-c2ccc(C3NC(c4ccc5ccccc5c4)=NC(c4ccc(-c5ccc6ccccc6c5)cc4)N3)c3c2oc2ccccc23)cc1. The van der Waals surface area contributed by atoms with Crippen LogP contribution < -0.4 is 10.6 Å². The lowest BCUT2D eigenvalue weighted by molar-refractivity contribution is 0.411. The highest BCUT2D eigenvalue weighted by Crippen LogP contribution is 2.41. The van der Waals surface area contributed by atoms with E-state index in [1.807, 2.05) is 12.1 Å². The maximum absolute atomic E-state index is 6.64. The molecule has 51 heavy (non-hydrogen) atoms. The van der Waals surface area contributed by atoms with E-state index in [1.165, 1.54) is 32.7 Å². The zero-order chi connectivity index (χ0) is 33.7. The van der Waals surface area contributed by atoms with Gasteiger partial charge in [-0.05, 0) is 62.0 Å². The molecule has 2 unspecified atom stereocenters.